The largest absolute Gasteiger partial charge is 0.462 e. The second-order valence-electron chi connectivity index (χ2n) is 5.39. The van der Waals surface area contributed by atoms with Crippen molar-refractivity contribution in [3.63, 3.8) is 0 Å². The third-order valence-corrected chi connectivity index (χ3v) is 4.85. The van der Waals surface area contributed by atoms with Gasteiger partial charge in [-0.1, -0.05) is 30.3 Å². The van der Waals surface area contributed by atoms with E-state index in [1.165, 1.54) is 16.0 Å². The molecule has 0 radical (unpaired) electrons. The maximum absolute atomic E-state index is 12.8. The zero-order chi connectivity index (χ0) is 18.0. The summed E-state index contributed by atoms with van der Waals surface area (Å²) in [6.45, 7) is 5.47. The van der Waals surface area contributed by atoms with E-state index >= 15 is 0 Å². The molecule has 0 unspecified atom stereocenters. The molecule has 0 saturated carbocycles. The van der Waals surface area contributed by atoms with Crippen LogP contribution in [0.25, 0.3) is 10.2 Å². The molecule has 0 aliphatic carbocycles. The monoisotopic (exact) mass is 355 g/mol. The van der Waals surface area contributed by atoms with E-state index in [0.717, 1.165) is 5.56 Å². The summed E-state index contributed by atoms with van der Waals surface area (Å²) in [6, 6.07) is 9.49. The van der Waals surface area contributed by atoms with Gasteiger partial charge in [0.15, 0.2) is 0 Å². The van der Waals surface area contributed by atoms with Gasteiger partial charge in [-0.05, 0) is 31.9 Å². The van der Waals surface area contributed by atoms with E-state index < -0.39 is 5.97 Å². The van der Waals surface area contributed by atoms with Crippen molar-refractivity contribution in [1.29, 1.82) is 0 Å². The fourth-order valence-corrected chi connectivity index (χ4v) is 3.58. The average molecular weight is 355 g/mol. The minimum Gasteiger partial charge on any atom is -0.462 e. The second kappa shape index (κ2) is 6.98. The molecule has 0 aliphatic rings. The lowest BCUT2D eigenvalue weighted by Gasteiger charge is -2.03. The molecule has 0 bridgehead atoms. The summed E-state index contributed by atoms with van der Waals surface area (Å²) in [5.41, 5.74) is 1.17. The molecule has 7 heteroatoms. The first-order valence-electron chi connectivity index (χ1n) is 7.82. The standard InChI is InChI=1S/C18H17N3O3S/c1-4-24-18(23)15-11(2)14-16(25-15)20-12(3)21(17(14)22)19-10-13-8-6-5-7-9-13/h5-10H,4H2,1-3H3/b19-10-. The van der Waals surface area contributed by atoms with Gasteiger partial charge in [0, 0.05) is 0 Å². The van der Waals surface area contributed by atoms with Crippen molar-refractivity contribution >= 4 is 33.7 Å². The molecule has 25 heavy (non-hydrogen) atoms. The van der Waals surface area contributed by atoms with Crippen molar-refractivity contribution in [1.82, 2.24) is 9.66 Å². The summed E-state index contributed by atoms with van der Waals surface area (Å²) >= 11 is 1.17. The van der Waals surface area contributed by atoms with Gasteiger partial charge in [0.2, 0.25) is 0 Å². The number of esters is 1. The van der Waals surface area contributed by atoms with Gasteiger partial charge in [-0.15, -0.1) is 11.3 Å². The molecule has 0 saturated heterocycles. The number of benzene rings is 1. The van der Waals surface area contributed by atoms with Crippen LogP contribution in [0.4, 0.5) is 0 Å². The minimum absolute atomic E-state index is 0.282. The molecule has 0 fully saturated rings. The summed E-state index contributed by atoms with van der Waals surface area (Å²) in [7, 11) is 0. The average Bonchev–Trinajstić information content (AvgIpc) is 2.92. The molecule has 0 amide bonds. The Hall–Kier alpha value is -2.80. The lowest BCUT2D eigenvalue weighted by molar-refractivity contribution is 0.0531. The number of thiophene rings is 1. The summed E-state index contributed by atoms with van der Waals surface area (Å²) in [6.07, 6.45) is 1.61. The number of ether oxygens (including phenoxy) is 1. The topological polar surface area (TPSA) is 73.5 Å². The number of hydrogen-bond donors (Lipinski definition) is 0. The first-order valence-corrected chi connectivity index (χ1v) is 8.63. The highest BCUT2D eigenvalue weighted by Crippen LogP contribution is 2.28. The van der Waals surface area contributed by atoms with Crippen LogP contribution in [0.15, 0.2) is 40.2 Å². The number of nitrogens with zero attached hydrogens (tertiary/aromatic N) is 3. The van der Waals surface area contributed by atoms with Crippen molar-refractivity contribution < 1.29 is 9.53 Å². The molecule has 3 aromatic rings. The highest BCUT2D eigenvalue weighted by molar-refractivity contribution is 7.20. The van der Waals surface area contributed by atoms with Gasteiger partial charge in [0.1, 0.15) is 15.5 Å². The number of hydrogen-bond acceptors (Lipinski definition) is 6. The number of fused-ring (bicyclic) bond motifs is 1. The molecular weight excluding hydrogens is 338 g/mol. The molecule has 2 aromatic heterocycles. The lowest BCUT2D eigenvalue weighted by atomic mass is 10.2. The predicted molar refractivity (Wildman–Crippen MR) is 98.7 cm³/mol. The van der Waals surface area contributed by atoms with Crippen molar-refractivity contribution in [2.75, 3.05) is 6.61 Å². The molecule has 0 aliphatic heterocycles. The lowest BCUT2D eigenvalue weighted by Crippen LogP contribution is -2.20. The van der Waals surface area contributed by atoms with Crippen molar-refractivity contribution in [2.45, 2.75) is 20.8 Å². The van der Waals surface area contributed by atoms with Crippen LogP contribution >= 0.6 is 11.3 Å². The van der Waals surface area contributed by atoms with Crippen LogP contribution in [0.1, 0.15) is 33.5 Å². The van der Waals surface area contributed by atoms with Gasteiger partial charge in [0.05, 0.1) is 18.2 Å². The van der Waals surface area contributed by atoms with Crippen LogP contribution in [0, 0.1) is 13.8 Å². The fourth-order valence-electron chi connectivity index (χ4n) is 2.47. The summed E-state index contributed by atoms with van der Waals surface area (Å²) in [4.78, 5) is 30.3. The van der Waals surface area contributed by atoms with Gasteiger partial charge >= 0.3 is 5.97 Å². The van der Waals surface area contributed by atoms with E-state index in [-0.39, 0.29) is 12.2 Å². The first kappa shape index (κ1) is 17.0. The van der Waals surface area contributed by atoms with Gasteiger partial charge in [-0.25, -0.2) is 9.78 Å². The number of carbonyl (C=O) groups is 1. The quantitative estimate of drug-likeness (QED) is 0.532. The van der Waals surface area contributed by atoms with Gasteiger partial charge < -0.3 is 4.74 Å². The molecule has 0 atom stereocenters. The van der Waals surface area contributed by atoms with E-state index in [2.05, 4.69) is 10.1 Å². The molecule has 6 nitrogen and oxygen atoms in total. The second-order valence-corrected chi connectivity index (χ2v) is 6.39. The van der Waals surface area contributed by atoms with Crippen molar-refractivity contribution in [3.8, 4) is 0 Å². The zero-order valence-corrected chi connectivity index (χ0v) is 15.0. The molecule has 0 N–H and O–H groups in total. The minimum atomic E-state index is -0.431. The third kappa shape index (κ3) is 3.23. The van der Waals surface area contributed by atoms with Crippen LogP contribution in [0.3, 0.4) is 0 Å². The zero-order valence-electron chi connectivity index (χ0n) is 14.1. The molecule has 2 heterocycles. The fraction of sp³-hybridized carbons (Fsp3) is 0.222. The van der Waals surface area contributed by atoms with Crippen LogP contribution < -0.4 is 5.56 Å². The number of aromatic nitrogens is 2. The molecule has 1 aromatic carbocycles. The Bertz CT molecular complexity index is 1020. The summed E-state index contributed by atoms with van der Waals surface area (Å²) in [5.74, 6) is 0.0285. The van der Waals surface area contributed by atoms with Crippen molar-refractivity contribution in [3.05, 3.63) is 62.5 Å². The number of rotatable bonds is 4. The van der Waals surface area contributed by atoms with E-state index in [4.69, 9.17) is 4.74 Å². The van der Waals surface area contributed by atoms with Crippen LogP contribution in [0.2, 0.25) is 0 Å². The Morgan fingerprint density at radius 3 is 2.72 bits per heavy atom. The maximum Gasteiger partial charge on any atom is 0.348 e. The first-order chi connectivity index (χ1) is 12.0. The summed E-state index contributed by atoms with van der Waals surface area (Å²) in [5, 5.41) is 4.67. The van der Waals surface area contributed by atoms with Crippen LogP contribution in [-0.2, 0) is 4.74 Å². The highest BCUT2D eigenvalue weighted by atomic mass is 32.1. The Morgan fingerprint density at radius 1 is 1.32 bits per heavy atom. The number of carbonyl (C=O) groups excluding carboxylic acids is 1. The van der Waals surface area contributed by atoms with Crippen molar-refractivity contribution in [2.24, 2.45) is 5.10 Å². The molecular formula is C18H17N3O3S. The van der Waals surface area contributed by atoms with Crippen LogP contribution in [0.5, 0.6) is 0 Å². The van der Waals surface area contributed by atoms with Gasteiger partial charge in [-0.2, -0.15) is 9.78 Å². The van der Waals surface area contributed by atoms with Gasteiger partial charge in [0.25, 0.3) is 5.56 Å². The third-order valence-electron chi connectivity index (χ3n) is 3.69. The van der Waals surface area contributed by atoms with E-state index in [9.17, 15) is 9.59 Å². The van der Waals surface area contributed by atoms with E-state index in [1.807, 2.05) is 30.3 Å². The SMILES string of the molecule is CCOC(=O)c1sc2nc(C)n(/N=C\c3ccccc3)c(=O)c2c1C. The van der Waals surface area contributed by atoms with E-state index in [0.29, 0.717) is 26.5 Å². The highest BCUT2D eigenvalue weighted by Gasteiger charge is 2.21. The Balaban J connectivity index is 2.12. The molecule has 0 spiro atoms. The maximum atomic E-state index is 12.8. The summed E-state index contributed by atoms with van der Waals surface area (Å²) < 4.78 is 6.30. The molecule has 128 valence electrons. The smallest absolute Gasteiger partial charge is 0.348 e. The normalized spacial score (nSPS) is 11.3. The Kier molecular flexibility index (Phi) is 4.76. The van der Waals surface area contributed by atoms with E-state index in [1.54, 1.807) is 27.0 Å². The van der Waals surface area contributed by atoms with Crippen LogP contribution in [-0.4, -0.2) is 28.5 Å². The molecule has 3 rings (SSSR count). The van der Waals surface area contributed by atoms with Gasteiger partial charge in [-0.3, -0.25) is 4.79 Å². The number of aryl methyl sites for hydroxylation is 2. The Labute approximate surface area is 148 Å². The Morgan fingerprint density at radius 2 is 2.04 bits per heavy atom. The predicted octanol–water partition coefficient (Wildman–Crippen LogP) is 3.13.